The van der Waals surface area contributed by atoms with Crippen molar-refractivity contribution in [2.75, 3.05) is 7.11 Å². The van der Waals surface area contributed by atoms with Gasteiger partial charge < -0.3 is 26.6 Å². The van der Waals surface area contributed by atoms with Crippen molar-refractivity contribution in [3.63, 3.8) is 0 Å². The predicted octanol–water partition coefficient (Wildman–Crippen LogP) is 1.79. The lowest BCUT2D eigenvalue weighted by Gasteiger charge is -2.35. The van der Waals surface area contributed by atoms with Crippen molar-refractivity contribution in [3.05, 3.63) is 76.6 Å². The molecule has 190 valence electrons. The molecule has 4 rings (SSSR count). The second-order valence-corrected chi connectivity index (χ2v) is 9.06. The highest BCUT2D eigenvalue weighted by Crippen LogP contribution is 2.35. The molecule has 0 radical (unpaired) electrons. The summed E-state index contributed by atoms with van der Waals surface area (Å²) in [5, 5.41) is 13.9. The van der Waals surface area contributed by atoms with Gasteiger partial charge in [0.2, 0.25) is 5.91 Å². The maximum atomic E-state index is 12.6. The maximum Gasteiger partial charge on any atom is 0.306 e. The fraction of sp³-hybridized carbons (Fsp3) is 0.346. The normalized spacial score (nSPS) is 21.8. The molecule has 1 fully saturated rings. The van der Waals surface area contributed by atoms with Gasteiger partial charge in [-0.15, -0.1) is 0 Å². The van der Waals surface area contributed by atoms with E-state index in [9.17, 15) is 19.5 Å². The van der Waals surface area contributed by atoms with E-state index in [4.69, 9.17) is 16.2 Å². The third kappa shape index (κ3) is 5.13. The van der Waals surface area contributed by atoms with Crippen molar-refractivity contribution in [3.8, 4) is 5.75 Å². The Morgan fingerprint density at radius 2 is 1.75 bits per heavy atom. The molecule has 2 aromatic rings. The quantitative estimate of drug-likeness (QED) is 0.372. The molecule has 1 aliphatic carbocycles. The minimum Gasteiger partial charge on any atom is -0.496 e. The fourth-order valence-electron chi connectivity index (χ4n) is 4.88. The van der Waals surface area contributed by atoms with E-state index in [0.29, 0.717) is 43.5 Å². The van der Waals surface area contributed by atoms with Crippen LogP contribution in [0.3, 0.4) is 0 Å². The number of methoxy groups -OCH3 is 1. The molecular formula is C26H31N5O5. The third-order valence-electron chi connectivity index (χ3n) is 6.89. The summed E-state index contributed by atoms with van der Waals surface area (Å²) in [6.07, 6.45) is 2.40. The van der Waals surface area contributed by atoms with E-state index in [1.54, 1.807) is 29.3 Å². The molecule has 10 heteroatoms. The van der Waals surface area contributed by atoms with Crippen LogP contribution in [0.15, 0.2) is 59.9 Å². The first-order valence-electron chi connectivity index (χ1n) is 11.9. The first-order chi connectivity index (χ1) is 17.3. The topological polar surface area (TPSA) is 160 Å². The molecule has 1 heterocycles. The van der Waals surface area contributed by atoms with Crippen molar-refractivity contribution in [2.24, 2.45) is 17.4 Å². The van der Waals surface area contributed by atoms with E-state index in [0.717, 1.165) is 11.1 Å². The fourth-order valence-corrected chi connectivity index (χ4v) is 4.88. The minimum atomic E-state index is -0.777. The van der Waals surface area contributed by atoms with Crippen LogP contribution >= 0.6 is 0 Å². The predicted molar refractivity (Wildman–Crippen MR) is 132 cm³/mol. The molecular weight excluding hydrogens is 462 g/mol. The van der Waals surface area contributed by atoms with Crippen molar-refractivity contribution >= 4 is 17.8 Å². The standard InChI is InChI=1S/C26H31N5O5/c1-36-20-5-3-2-4-19(20)25(33)29-14-15-6-8-16(9-7-15)22-21(24(28)32)23(27)31(30-22)18-12-10-17(11-13-18)26(34)35/h2-9,17-18,22,30H,10-14,27H2,1H3,(H2,28,32)(H,29,33)(H,34,35). The molecule has 36 heavy (non-hydrogen) atoms. The van der Waals surface area contributed by atoms with Gasteiger partial charge in [-0.2, -0.15) is 0 Å². The first kappa shape index (κ1) is 25.1. The van der Waals surface area contributed by atoms with Gasteiger partial charge in [0.25, 0.3) is 5.91 Å². The summed E-state index contributed by atoms with van der Waals surface area (Å²) in [4.78, 5) is 36.1. The Hall–Kier alpha value is -4.05. The summed E-state index contributed by atoms with van der Waals surface area (Å²) in [6, 6.07) is 13.9. The number of primary amides is 1. The Morgan fingerprint density at radius 1 is 1.08 bits per heavy atom. The maximum absolute atomic E-state index is 12.6. The van der Waals surface area contributed by atoms with Crippen LogP contribution in [0.2, 0.25) is 0 Å². The highest BCUT2D eigenvalue weighted by atomic mass is 16.5. The Kier molecular flexibility index (Phi) is 7.44. The summed E-state index contributed by atoms with van der Waals surface area (Å²) < 4.78 is 5.25. The molecule has 0 spiro atoms. The molecule has 10 nitrogen and oxygen atoms in total. The SMILES string of the molecule is COc1ccccc1C(=O)NCc1ccc(C2NN(C3CCC(C(=O)O)CC3)C(N)=C2C(N)=O)cc1. The zero-order chi connectivity index (χ0) is 25.8. The number of hydrazine groups is 1. The van der Waals surface area contributed by atoms with Gasteiger partial charge >= 0.3 is 5.97 Å². The van der Waals surface area contributed by atoms with E-state index in [1.807, 2.05) is 24.3 Å². The number of hydrogen-bond acceptors (Lipinski definition) is 7. The number of aliphatic carboxylic acids is 1. The van der Waals surface area contributed by atoms with Gasteiger partial charge in [-0.3, -0.25) is 19.4 Å². The average molecular weight is 494 g/mol. The molecule has 0 saturated heterocycles. The molecule has 2 amide bonds. The number of amides is 2. The number of rotatable bonds is 8. The molecule has 1 unspecified atom stereocenters. The summed E-state index contributed by atoms with van der Waals surface area (Å²) in [5.41, 5.74) is 17.7. The van der Waals surface area contributed by atoms with Crippen molar-refractivity contribution in [2.45, 2.75) is 44.3 Å². The van der Waals surface area contributed by atoms with E-state index < -0.39 is 17.9 Å². The minimum absolute atomic E-state index is 0.0237. The summed E-state index contributed by atoms with van der Waals surface area (Å²) in [5.74, 6) is -1.20. The molecule has 1 atom stereocenters. The zero-order valence-corrected chi connectivity index (χ0v) is 20.1. The highest BCUT2D eigenvalue weighted by molar-refractivity contribution is 5.97. The van der Waals surface area contributed by atoms with Crippen LogP contribution in [0.1, 0.15) is 53.2 Å². The number of ether oxygens (including phenoxy) is 1. The smallest absolute Gasteiger partial charge is 0.306 e. The summed E-state index contributed by atoms with van der Waals surface area (Å²) in [7, 11) is 1.52. The lowest BCUT2D eigenvalue weighted by atomic mass is 9.86. The molecule has 0 bridgehead atoms. The molecule has 1 aliphatic heterocycles. The number of nitrogens with zero attached hydrogens (tertiary/aromatic N) is 1. The number of para-hydroxylation sites is 1. The number of carboxylic acids is 1. The van der Waals surface area contributed by atoms with Gasteiger partial charge in [0.15, 0.2) is 0 Å². The Labute approximate surface area is 209 Å². The van der Waals surface area contributed by atoms with Gasteiger partial charge in [0.05, 0.1) is 30.2 Å². The molecule has 1 saturated carbocycles. The van der Waals surface area contributed by atoms with E-state index >= 15 is 0 Å². The van der Waals surface area contributed by atoms with Crippen LogP contribution in [0, 0.1) is 5.92 Å². The lowest BCUT2D eigenvalue weighted by Crippen LogP contribution is -2.45. The van der Waals surface area contributed by atoms with Crippen LogP contribution < -0.4 is 26.9 Å². The zero-order valence-electron chi connectivity index (χ0n) is 20.1. The van der Waals surface area contributed by atoms with Crippen molar-refractivity contribution in [1.82, 2.24) is 15.8 Å². The number of hydrogen-bond donors (Lipinski definition) is 5. The third-order valence-corrected chi connectivity index (χ3v) is 6.89. The average Bonchev–Trinajstić information content (AvgIpc) is 3.24. The Balaban J connectivity index is 1.43. The molecule has 2 aliphatic rings. The number of nitrogens with one attached hydrogen (secondary N) is 2. The van der Waals surface area contributed by atoms with E-state index in [-0.39, 0.29) is 29.3 Å². The van der Waals surface area contributed by atoms with Crippen LogP contribution in [-0.2, 0) is 16.1 Å². The van der Waals surface area contributed by atoms with Crippen LogP contribution in [0.4, 0.5) is 0 Å². The Bertz CT molecular complexity index is 1170. The second kappa shape index (κ2) is 10.7. The summed E-state index contributed by atoms with van der Waals surface area (Å²) in [6.45, 7) is 0.314. The van der Waals surface area contributed by atoms with Gasteiger partial charge in [-0.1, -0.05) is 36.4 Å². The molecule has 2 aromatic carbocycles. The lowest BCUT2D eigenvalue weighted by molar-refractivity contribution is -0.143. The number of nitrogens with two attached hydrogens (primary N) is 2. The largest absolute Gasteiger partial charge is 0.496 e. The first-order valence-corrected chi connectivity index (χ1v) is 11.9. The number of carbonyl (C=O) groups is 3. The van der Waals surface area contributed by atoms with Crippen molar-refractivity contribution in [1.29, 1.82) is 0 Å². The number of carbonyl (C=O) groups excluding carboxylic acids is 2. The van der Waals surface area contributed by atoms with Gasteiger partial charge in [0, 0.05) is 12.6 Å². The van der Waals surface area contributed by atoms with Crippen LogP contribution in [-0.4, -0.2) is 41.1 Å². The van der Waals surface area contributed by atoms with Crippen molar-refractivity contribution < 1.29 is 24.2 Å². The molecule has 0 aromatic heterocycles. The second-order valence-electron chi connectivity index (χ2n) is 9.06. The monoisotopic (exact) mass is 493 g/mol. The summed E-state index contributed by atoms with van der Waals surface area (Å²) >= 11 is 0. The van der Waals surface area contributed by atoms with E-state index in [1.165, 1.54) is 7.11 Å². The van der Waals surface area contributed by atoms with Crippen LogP contribution in [0.5, 0.6) is 5.75 Å². The van der Waals surface area contributed by atoms with Gasteiger partial charge in [0.1, 0.15) is 11.6 Å². The Morgan fingerprint density at radius 3 is 2.36 bits per heavy atom. The highest BCUT2D eigenvalue weighted by Gasteiger charge is 2.39. The number of carboxylic acid groups (broad SMARTS) is 1. The van der Waals surface area contributed by atoms with E-state index in [2.05, 4.69) is 10.7 Å². The van der Waals surface area contributed by atoms with Crippen LogP contribution in [0.25, 0.3) is 0 Å². The number of benzene rings is 2. The van der Waals surface area contributed by atoms with Gasteiger partial charge in [-0.05, 0) is 48.9 Å². The molecule has 7 N–H and O–H groups in total. The van der Waals surface area contributed by atoms with Gasteiger partial charge in [-0.25, -0.2) is 5.43 Å².